The molecule has 0 radical (unpaired) electrons. The third kappa shape index (κ3) is 35.9. The van der Waals surface area contributed by atoms with E-state index in [1.54, 1.807) is 55.4 Å². The zero-order valence-corrected chi connectivity index (χ0v) is 57.7. The monoisotopic (exact) mass is 1130 g/mol. The molecule has 0 aliphatic heterocycles. The van der Waals surface area contributed by atoms with Crippen molar-refractivity contribution in [3.63, 3.8) is 0 Å². The van der Waals surface area contributed by atoms with Gasteiger partial charge in [-0.05, 0) is 172 Å². The first-order valence-corrected chi connectivity index (χ1v) is 25.9. The number of fused-ring (bicyclic) bond motifs is 4. The quantitative estimate of drug-likeness (QED) is 0.109. The fourth-order valence-electron chi connectivity index (χ4n) is 6.12. The number of aromatic nitrogens is 8. The van der Waals surface area contributed by atoms with Crippen LogP contribution in [0.5, 0.6) is 0 Å². The number of imidazole rings is 4. The van der Waals surface area contributed by atoms with Crippen molar-refractivity contribution in [2.24, 2.45) is 0 Å². The summed E-state index contributed by atoms with van der Waals surface area (Å²) in [4.78, 5) is 34.4. The molecule has 10 aromatic rings. The van der Waals surface area contributed by atoms with Crippen molar-refractivity contribution in [1.29, 1.82) is 0 Å². The van der Waals surface area contributed by atoms with Gasteiger partial charge in [0.05, 0.1) is 0 Å². The molecule has 0 saturated carbocycles. The Bertz CT molecular complexity index is 2340. The molecule has 80 heavy (non-hydrogen) atoms. The number of hydrogen-bond donors (Lipinski definition) is 0. The summed E-state index contributed by atoms with van der Waals surface area (Å²) in [5.74, 6) is 3.43. The number of hydrogen-bond acceptors (Lipinski definition) is 4. The van der Waals surface area contributed by atoms with Crippen LogP contribution in [0.25, 0.3) is 44.1 Å². The average molecular weight is 1130 g/mol. The number of aryl methyl sites for hydroxylation is 12. The van der Waals surface area contributed by atoms with Gasteiger partial charge in [0.25, 0.3) is 0 Å². The zero-order valence-electron chi connectivity index (χ0n) is 53.1. The van der Waals surface area contributed by atoms with Crippen molar-refractivity contribution in [3.05, 3.63) is 245 Å². The standard InChI is InChI=1S/4C10H11N2.2C6H6.8C2H5.4Al/c4*1-6-4-9-10(5-7(6)2)12-8(3)11-9;2*1-2-4-6-5-3-1;8*1-2;;;;/h4*4-5H,1-3H3;2*1-6H;8*1H2,2H3;;;;/q4*-1;;;8*-1;4*+3. The Kier molecular flexibility index (Phi) is 66.1. The molecule has 4 aromatic heterocycles. The van der Waals surface area contributed by atoms with Gasteiger partial charge in [-0.1, -0.05) is 145 Å². The van der Waals surface area contributed by atoms with Crippen LogP contribution >= 0.6 is 0 Å². The normalized spacial score (nSPS) is 8.35. The zero-order chi connectivity index (χ0) is 59.3. The first kappa shape index (κ1) is 91.8. The maximum Gasteiger partial charge on any atom is 3.00 e. The fourth-order valence-corrected chi connectivity index (χ4v) is 6.12. The van der Waals surface area contributed by atoms with E-state index >= 15 is 0 Å². The van der Waals surface area contributed by atoms with Gasteiger partial charge >= 0.3 is 69.4 Å². The van der Waals surface area contributed by atoms with Gasteiger partial charge in [-0.15, -0.1) is 0 Å². The molecule has 8 nitrogen and oxygen atoms in total. The minimum Gasteiger partial charge on any atom is -0.440 e. The van der Waals surface area contributed by atoms with Gasteiger partial charge in [-0.2, -0.15) is 55.4 Å². The fraction of sp³-hybridized carbons (Fsp3) is 0.294. The number of benzene rings is 6. The molecule has 0 saturated heterocycles. The Balaban J connectivity index is -0.000000124. The predicted octanol–water partition coefficient (Wildman–Crippen LogP) is 17.0. The van der Waals surface area contributed by atoms with E-state index in [-0.39, 0.29) is 69.4 Å². The van der Waals surface area contributed by atoms with E-state index in [1.165, 1.54) is 44.5 Å². The summed E-state index contributed by atoms with van der Waals surface area (Å²) in [5, 5.41) is 0. The predicted molar refractivity (Wildman–Crippen MR) is 361 cm³/mol. The molecule has 0 spiro atoms. The summed E-state index contributed by atoms with van der Waals surface area (Å²) >= 11 is 0. The van der Waals surface area contributed by atoms with Crippen molar-refractivity contribution in [3.8, 4) is 0 Å². The maximum atomic E-state index is 4.30. The summed E-state index contributed by atoms with van der Waals surface area (Å²) in [6.45, 7) is 64.5. The topological polar surface area (TPSA) is 108 Å². The van der Waals surface area contributed by atoms with Gasteiger partial charge in [0.15, 0.2) is 0 Å². The second-order valence-electron chi connectivity index (χ2n) is 15.1. The molecule has 0 N–H and O–H groups in total. The summed E-state index contributed by atoms with van der Waals surface area (Å²) in [6.07, 6.45) is 0. The Morgan fingerprint density at radius 3 is 0.450 bits per heavy atom. The van der Waals surface area contributed by atoms with E-state index in [0.29, 0.717) is 0 Å². The molecule has 12 heteroatoms. The molecule has 0 bridgehead atoms. The molecule has 6 aromatic carbocycles. The van der Waals surface area contributed by atoms with Crippen molar-refractivity contribution >= 4 is 114 Å². The molecule has 0 aliphatic carbocycles. The van der Waals surface area contributed by atoms with Crippen LogP contribution in [0, 0.1) is 138 Å². The van der Waals surface area contributed by atoms with Crippen LogP contribution in [0.1, 0.15) is 123 Å². The Morgan fingerprint density at radius 2 is 0.325 bits per heavy atom. The van der Waals surface area contributed by atoms with Crippen molar-refractivity contribution < 1.29 is 0 Å². The van der Waals surface area contributed by atoms with E-state index in [4.69, 9.17) is 0 Å². The molecular formula is C68H96Al4N8. The van der Waals surface area contributed by atoms with Crippen LogP contribution in [-0.2, 0) is 0 Å². The van der Waals surface area contributed by atoms with Crippen molar-refractivity contribution in [2.75, 3.05) is 0 Å². The van der Waals surface area contributed by atoms with Crippen LogP contribution in [0.2, 0.25) is 0 Å². The van der Waals surface area contributed by atoms with Crippen LogP contribution < -0.4 is 19.9 Å². The summed E-state index contributed by atoms with van der Waals surface area (Å²) in [5.41, 5.74) is 18.3. The molecule has 4 heterocycles. The van der Waals surface area contributed by atoms with Gasteiger partial charge in [-0.3, -0.25) is 0 Å². The van der Waals surface area contributed by atoms with Crippen LogP contribution in [0.4, 0.5) is 0 Å². The number of nitrogens with zero attached hydrogens (tertiary/aromatic N) is 8. The maximum absolute atomic E-state index is 4.30. The Labute approximate surface area is 532 Å². The second kappa shape index (κ2) is 57.6. The summed E-state index contributed by atoms with van der Waals surface area (Å²) < 4.78 is 0. The van der Waals surface area contributed by atoms with E-state index in [1.807, 2.05) is 100 Å². The van der Waals surface area contributed by atoms with Gasteiger partial charge in [0.2, 0.25) is 0 Å². The van der Waals surface area contributed by atoms with E-state index in [2.05, 4.69) is 199 Å². The van der Waals surface area contributed by atoms with E-state index in [9.17, 15) is 0 Å². The Morgan fingerprint density at radius 1 is 0.212 bits per heavy atom. The van der Waals surface area contributed by atoms with Crippen molar-refractivity contribution in [2.45, 2.75) is 138 Å². The second-order valence-corrected chi connectivity index (χ2v) is 15.1. The molecule has 420 valence electrons. The first-order valence-electron chi connectivity index (χ1n) is 25.9. The van der Waals surface area contributed by atoms with Crippen molar-refractivity contribution in [1.82, 2.24) is 39.9 Å². The van der Waals surface area contributed by atoms with Crippen LogP contribution in [-0.4, -0.2) is 89.4 Å². The van der Waals surface area contributed by atoms with Gasteiger partial charge in [0, 0.05) is 0 Å². The minimum absolute atomic E-state index is 0. The molecule has 0 unspecified atom stereocenters. The molecule has 10 rings (SSSR count). The molecule has 0 fully saturated rings. The minimum atomic E-state index is 0. The first-order chi connectivity index (χ1) is 36.7. The van der Waals surface area contributed by atoms with E-state index in [0.717, 1.165) is 67.4 Å². The molecule has 0 aliphatic rings. The summed E-state index contributed by atoms with van der Waals surface area (Å²) in [7, 11) is 0. The van der Waals surface area contributed by atoms with E-state index < -0.39 is 0 Å². The van der Waals surface area contributed by atoms with Gasteiger partial charge < -0.3 is 95.3 Å². The van der Waals surface area contributed by atoms with Crippen LogP contribution in [0.3, 0.4) is 0 Å². The van der Waals surface area contributed by atoms with Crippen LogP contribution in [0.15, 0.2) is 121 Å². The third-order valence-electron chi connectivity index (χ3n) is 9.95. The SMILES string of the molecule is Cc1nc2cc(C)c(C)cc2[n-]1.Cc1nc2cc(C)c(C)cc2[n-]1.Cc1nc2cc(C)c(C)cc2[n-]1.Cc1nc2cc(C)c(C)cc2[n-]1.[Al+3].[Al+3].[Al+3].[Al+3].[CH2-]C.[CH2-]C.[CH2-]C.[CH2-]C.[CH2-]C.[CH2-]C.[CH2-]C.[CH2-]C.c1ccccc1.c1ccccc1. The smallest absolute Gasteiger partial charge is 0.440 e. The average Bonchev–Trinajstić information content (AvgIpc) is 4.23. The third-order valence-corrected chi connectivity index (χ3v) is 9.95. The molecule has 0 atom stereocenters. The molecular weight excluding hydrogens is 1040 g/mol. The number of rotatable bonds is 0. The summed E-state index contributed by atoms with van der Waals surface area (Å²) in [6, 6.07) is 40.7. The van der Waals surface area contributed by atoms with Gasteiger partial charge in [-0.25, -0.2) is 0 Å². The Hall–Kier alpha value is -4.67. The molecule has 0 amide bonds. The van der Waals surface area contributed by atoms with Gasteiger partial charge in [0.1, 0.15) is 0 Å². The largest absolute Gasteiger partial charge is 3.00 e.